The van der Waals surface area contributed by atoms with Crippen molar-refractivity contribution in [3.05, 3.63) is 70.1 Å². The van der Waals surface area contributed by atoms with E-state index in [-0.39, 0.29) is 6.61 Å². The smallest absolute Gasteiger partial charge is 0.336 e. The molecule has 4 heteroatoms. The Morgan fingerprint density at radius 3 is 2.82 bits per heavy atom. The van der Waals surface area contributed by atoms with E-state index in [0.29, 0.717) is 11.1 Å². The van der Waals surface area contributed by atoms with E-state index in [1.54, 1.807) is 12.2 Å². The van der Waals surface area contributed by atoms with E-state index in [1.807, 2.05) is 38.1 Å². The molecule has 1 aromatic carbocycles. The lowest BCUT2D eigenvalue weighted by Crippen LogP contribution is -2.05. The number of rotatable bonds is 5. The van der Waals surface area contributed by atoms with E-state index in [4.69, 9.17) is 9.15 Å². The second-order valence-corrected chi connectivity index (χ2v) is 4.77. The lowest BCUT2D eigenvalue weighted by atomic mass is 10.1. The number of fused-ring (bicyclic) bond motifs is 1. The fourth-order valence-corrected chi connectivity index (χ4v) is 2.06. The topological polar surface area (TPSA) is 56.5 Å². The van der Waals surface area contributed by atoms with Crippen molar-refractivity contribution in [2.24, 2.45) is 0 Å². The monoisotopic (exact) mass is 298 g/mol. The van der Waals surface area contributed by atoms with Gasteiger partial charge in [0.25, 0.3) is 0 Å². The van der Waals surface area contributed by atoms with E-state index in [9.17, 15) is 9.59 Å². The molecule has 2 aromatic rings. The molecule has 0 saturated carbocycles. The van der Waals surface area contributed by atoms with Crippen molar-refractivity contribution in [3.63, 3.8) is 0 Å². The highest BCUT2D eigenvalue weighted by atomic mass is 16.5. The molecule has 0 aliphatic rings. The maximum atomic E-state index is 11.6. The van der Waals surface area contributed by atoms with Crippen LogP contribution in [-0.2, 0) is 22.6 Å². The maximum Gasteiger partial charge on any atom is 0.336 e. The standard InChI is InChI=1S/C18H18O4/c1-3-5-6-7-17(19)21-12-14-11-18(20)22-16-10-13(4-2)8-9-15(14)16/h3,5-11H,4,12H2,1-2H3/b5-3+,7-6+. The first-order valence-electron chi connectivity index (χ1n) is 7.15. The Bertz CT molecular complexity index is 781. The SMILES string of the molecule is C/C=C/C=C/C(=O)OCc1cc(=O)oc2cc(CC)ccc12. The highest BCUT2D eigenvalue weighted by Gasteiger charge is 2.08. The summed E-state index contributed by atoms with van der Waals surface area (Å²) in [6.45, 7) is 3.92. The van der Waals surface area contributed by atoms with Gasteiger partial charge in [-0.2, -0.15) is 0 Å². The van der Waals surface area contributed by atoms with Crippen LogP contribution in [0.1, 0.15) is 25.0 Å². The van der Waals surface area contributed by atoms with E-state index in [1.165, 1.54) is 12.1 Å². The van der Waals surface area contributed by atoms with Crippen LogP contribution in [0.15, 0.2) is 57.8 Å². The normalized spacial score (nSPS) is 11.5. The van der Waals surface area contributed by atoms with Gasteiger partial charge in [0.05, 0.1) is 0 Å². The van der Waals surface area contributed by atoms with Gasteiger partial charge in [0, 0.05) is 23.1 Å². The number of aryl methyl sites for hydroxylation is 1. The molecule has 1 aromatic heterocycles. The van der Waals surface area contributed by atoms with Crippen LogP contribution in [0.25, 0.3) is 11.0 Å². The van der Waals surface area contributed by atoms with Gasteiger partial charge in [0.2, 0.25) is 0 Å². The van der Waals surface area contributed by atoms with Gasteiger partial charge in [0.15, 0.2) is 0 Å². The first-order chi connectivity index (χ1) is 10.6. The summed E-state index contributed by atoms with van der Waals surface area (Å²) in [6, 6.07) is 7.06. The first-order valence-corrected chi connectivity index (χ1v) is 7.15. The fourth-order valence-electron chi connectivity index (χ4n) is 2.06. The molecule has 0 atom stereocenters. The van der Waals surface area contributed by atoms with Gasteiger partial charge in [-0.25, -0.2) is 9.59 Å². The maximum absolute atomic E-state index is 11.6. The molecule has 0 aliphatic carbocycles. The van der Waals surface area contributed by atoms with Crippen LogP contribution < -0.4 is 5.63 Å². The number of ether oxygens (including phenoxy) is 1. The van der Waals surface area contributed by atoms with Crippen molar-refractivity contribution in [3.8, 4) is 0 Å². The average Bonchev–Trinajstić information content (AvgIpc) is 2.52. The zero-order valence-electron chi connectivity index (χ0n) is 12.7. The minimum Gasteiger partial charge on any atom is -0.458 e. The van der Waals surface area contributed by atoms with Gasteiger partial charge in [-0.05, 0) is 25.0 Å². The highest BCUT2D eigenvalue weighted by molar-refractivity contribution is 5.83. The highest BCUT2D eigenvalue weighted by Crippen LogP contribution is 2.19. The largest absolute Gasteiger partial charge is 0.458 e. The van der Waals surface area contributed by atoms with Crippen LogP contribution in [0, 0.1) is 0 Å². The van der Waals surface area contributed by atoms with Crippen molar-refractivity contribution in [2.45, 2.75) is 26.9 Å². The number of hydrogen-bond donors (Lipinski definition) is 0. The third kappa shape index (κ3) is 3.95. The predicted molar refractivity (Wildman–Crippen MR) is 85.6 cm³/mol. The molecule has 0 fully saturated rings. The van der Waals surface area contributed by atoms with E-state index in [2.05, 4.69) is 0 Å². The molecule has 0 spiro atoms. The molecule has 0 aliphatic heterocycles. The van der Waals surface area contributed by atoms with Gasteiger partial charge in [-0.15, -0.1) is 0 Å². The van der Waals surface area contributed by atoms with Crippen LogP contribution in [0.2, 0.25) is 0 Å². The Labute approximate surface area is 128 Å². The van der Waals surface area contributed by atoms with Crippen molar-refractivity contribution in [2.75, 3.05) is 0 Å². The summed E-state index contributed by atoms with van der Waals surface area (Å²) in [4.78, 5) is 23.2. The number of allylic oxidation sites excluding steroid dienone is 3. The van der Waals surface area contributed by atoms with Crippen LogP contribution in [-0.4, -0.2) is 5.97 Å². The molecule has 0 radical (unpaired) electrons. The van der Waals surface area contributed by atoms with Gasteiger partial charge >= 0.3 is 11.6 Å². The zero-order valence-corrected chi connectivity index (χ0v) is 12.7. The predicted octanol–water partition coefficient (Wildman–Crippen LogP) is 3.53. The van der Waals surface area contributed by atoms with Gasteiger partial charge in [0.1, 0.15) is 12.2 Å². The quantitative estimate of drug-likeness (QED) is 0.367. The molecule has 0 unspecified atom stereocenters. The molecule has 4 nitrogen and oxygen atoms in total. The summed E-state index contributed by atoms with van der Waals surface area (Å²) >= 11 is 0. The summed E-state index contributed by atoms with van der Waals surface area (Å²) in [5.41, 5.74) is 1.79. The molecule has 2 rings (SSSR count). The first kappa shape index (κ1) is 15.8. The van der Waals surface area contributed by atoms with E-state index >= 15 is 0 Å². The summed E-state index contributed by atoms with van der Waals surface area (Å²) in [6.07, 6.45) is 7.34. The molecule has 0 bridgehead atoms. The third-order valence-electron chi connectivity index (χ3n) is 3.21. The van der Waals surface area contributed by atoms with Gasteiger partial charge in [-0.1, -0.05) is 37.3 Å². The van der Waals surface area contributed by atoms with E-state index in [0.717, 1.165) is 17.4 Å². The Kier molecular flexibility index (Phi) is 5.31. The fraction of sp³-hybridized carbons (Fsp3) is 0.222. The summed E-state index contributed by atoms with van der Waals surface area (Å²) < 4.78 is 10.4. The minimum absolute atomic E-state index is 0.0343. The summed E-state index contributed by atoms with van der Waals surface area (Å²) in [5, 5.41) is 0.780. The van der Waals surface area contributed by atoms with Gasteiger partial charge in [-0.3, -0.25) is 0 Å². The molecule has 0 N–H and O–H groups in total. The number of hydrogen-bond acceptors (Lipinski definition) is 4. The molecular formula is C18H18O4. The number of carbonyl (C=O) groups is 1. The Balaban J connectivity index is 2.24. The molecule has 0 saturated heterocycles. The molecule has 0 amide bonds. The Morgan fingerprint density at radius 1 is 1.27 bits per heavy atom. The van der Waals surface area contributed by atoms with Crippen molar-refractivity contribution < 1.29 is 13.9 Å². The lowest BCUT2D eigenvalue weighted by molar-refractivity contribution is -0.138. The second-order valence-electron chi connectivity index (χ2n) is 4.77. The van der Waals surface area contributed by atoms with Crippen molar-refractivity contribution in [1.29, 1.82) is 0 Å². The van der Waals surface area contributed by atoms with Crippen molar-refractivity contribution >= 4 is 16.9 Å². The van der Waals surface area contributed by atoms with Crippen molar-refractivity contribution in [1.82, 2.24) is 0 Å². The van der Waals surface area contributed by atoms with Crippen LogP contribution in [0.4, 0.5) is 0 Å². The third-order valence-corrected chi connectivity index (χ3v) is 3.21. The molecular weight excluding hydrogens is 280 g/mol. The molecule has 114 valence electrons. The number of esters is 1. The number of carbonyl (C=O) groups excluding carboxylic acids is 1. The van der Waals surface area contributed by atoms with Crippen LogP contribution >= 0.6 is 0 Å². The minimum atomic E-state index is -0.454. The second kappa shape index (κ2) is 7.41. The average molecular weight is 298 g/mol. The number of benzene rings is 1. The Morgan fingerprint density at radius 2 is 2.09 bits per heavy atom. The van der Waals surface area contributed by atoms with E-state index < -0.39 is 11.6 Å². The molecule has 1 heterocycles. The summed E-state index contributed by atoms with van der Waals surface area (Å²) in [7, 11) is 0. The van der Waals surface area contributed by atoms with Gasteiger partial charge < -0.3 is 9.15 Å². The zero-order chi connectivity index (χ0) is 15.9. The Hall–Kier alpha value is -2.62. The molecule has 22 heavy (non-hydrogen) atoms. The van der Waals surface area contributed by atoms with Crippen LogP contribution in [0.3, 0.4) is 0 Å². The lowest BCUT2D eigenvalue weighted by Gasteiger charge is -2.06. The van der Waals surface area contributed by atoms with Crippen LogP contribution in [0.5, 0.6) is 0 Å². The summed E-state index contributed by atoms with van der Waals surface area (Å²) in [5.74, 6) is -0.454.